The molecule has 6 nitrogen and oxygen atoms in total. The van der Waals surface area contributed by atoms with Crippen molar-refractivity contribution in [2.75, 3.05) is 26.7 Å². The summed E-state index contributed by atoms with van der Waals surface area (Å²) in [6.45, 7) is 9.45. The van der Waals surface area contributed by atoms with E-state index >= 15 is 0 Å². The molecule has 0 amide bonds. The Kier molecular flexibility index (Phi) is 4.62. The molecule has 0 aromatic carbocycles. The number of nitrogens with one attached hydrogen (secondary N) is 1. The van der Waals surface area contributed by atoms with Crippen molar-refractivity contribution in [3.05, 3.63) is 11.7 Å². The lowest BCUT2D eigenvalue weighted by Gasteiger charge is -2.23. The molecule has 1 aromatic heterocycles. The van der Waals surface area contributed by atoms with E-state index in [9.17, 15) is 0 Å². The Labute approximate surface area is 120 Å². The van der Waals surface area contributed by atoms with E-state index in [1.807, 2.05) is 14.0 Å². The molecule has 1 aliphatic rings. The van der Waals surface area contributed by atoms with Crippen molar-refractivity contribution in [2.45, 2.75) is 40.0 Å². The molecule has 1 aromatic rings. The van der Waals surface area contributed by atoms with Gasteiger partial charge in [-0.1, -0.05) is 19.0 Å². The molecule has 0 unspecified atom stereocenters. The van der Waals surface area contributed by atoms with Crippen LogP contribution in [-0.2, 0) is 6.42 Å². The molecule has 1 saturated heterocycles. The number of aliphatic imine (C=N–C) groups is 1. The Morgan fingerprint density at radius 2 is 2.30 bits per heavy atom. The Balaban J connectivity index is 1.72. The average molecular weight is 279 g/mol. The number of likely N-dealkylation sites (tertiary alicyclic amines) is 1. The minimum atomic E-state index is 0.388. The van der Waals surface area contributed by atoms with E-state index in [1.165, 1.54) is 6.42 Å². The smallest absolute Gasteiger partial charge is 0.226 e. The molecule has 1 N–H and O–H groups in total. The molecule has 112 valence electrons. The van der Waals surface area contributed by atoms with Gasteiger partial charge in [0.15, 0.2) is 11.8 Å². The average Bonchev–Trinajstić information content (AvgIpc) is 2.95. The summed E-state index contributed by atoms with van der Waals surface area (Å²) in [5, 5.41) is 7.20. The lowest BCUT2D eigenvalue weighted by molar-refractivity contribution is 0.366. The summed E-state index contributed by atoms with van der Waals surface area (Å²) in [4.78, 5) is 10.9. The van der Waals surface area contributed by atoms with Crippen molar-refractivity contribution in [1.29, 1.82) is 0 Å². The topological polar surface area (TPSA) is 66.5 Å². The molecule has 0 bridgehead atoms. The molecule has 0 atom stereocenters. The fourth-order valence-corrected chi connectivity index (χ4v) is 2.51. The zero-order valence-corrected chi connectivity index (χ0v) is 12.9. The van der Waals surface area contributed by atoms with Gasteiger partial charge in [0.25, 0.3) is 0 Å². The van der Waals surface area contributed by atoms with Gasteiger partial charge in [-0.15, -0.1) is 0 Å². The van der Waals surface area contributed by atoms with Crippen LogP contribution in [0.4, 0.5) is 0 Å². The number of aryl methyl sites for hydroxylation is 2. The highest BCUT2D eigenvalue weighted by molar-refractivity contribution is 5.80. The van der Waals surface area contributed by atoms with Crippen LogP contribution in [0.1, 0.15) is 38.4 Å². The molecule has 1 aliphatic heterocycles. The summed E-state index contributed by atoms with van der Waals surface area (Å²) in [6.07, 6.45) is 2.98. The monoisotopic (exact) mass is 279 g/mol. The fourth-order valence-electron chi connectivity index (χ4n) is 2.51. The molecule has 2 heterocycles. The first-order valence-electron chi connectivity index (χ1n) is 7.25. The molecule has 0 radical (unpaired) electrons. The Hall–Kier alpha value is -1.59. The van der Waals surface area contributed by atoms with Gasteiger partial charge in [0.05, 0.1) is 0 Å². The van der Waals surface area contributed by atoms with Gasteiger partial charge in [0.1, 0.15) is 0 Å². The van der Waals surface area contributed by atoms with E-state index in [-0.39, 0.29) is 0 Å². The van der Waals surface area contributed by atoms with E-state index in [4.69, 9.17) is 4.52 Å². The predicted octanol–water partition coefficient (Wildman–Crippen LogP) is 1.62. The molecule has 1 fully saturated rings. The fraction of sp³-hybridized carbons (Fsp3) is 0.786. The van der Waals surface area contributed by atoms with Crippen LogP contribution in [-0.4, -0.2) is 47.7 Å². The summed E-state index contributed by atoms with van der Waals surface area (Å²) < 4.78 is 5.10. The van der Waals surface area contributed by atoms with E-state index in [2.05, 4.69) is 39.2 Å². The van der Waals surface area contributed by atoms with Gasteiger partial charge >= 0.3 is 0 Å². The second kappa shape index (κ2) is 6.24. The van der Waals surface area contributed by atoms with Crippen LogP contribution < -0.4 is 5.32 Å². The van der Waals surface area contributed by atoms with Gasteiger partial charge in [0, 0.05) is 33.1 Å². The maximum absolute atomic E-state index is 5.10. The maximum atomic E-state index is 5.10. The third kappa shape index (κ3) is 3.95. The van der Waals surface area contributed by atoms with Gasteiger partial charge in [-0.05, 0) is 25.2 Å². The van der Waals surface area contributed by atoms with Crippen LogP contribution in [0.5, 0.6) is 0 Å². The number of rotatable bonds is 4. The molecule has 20 heavy (non-hydrogen) atoms. The summed E-state index contributed by atoms with van der Waals surface area (Å²) in [6, 6.07) is 0. The van der Waals surface area contributed by atoms with Crippen LogP contribution in [0.15, 0.2) is 9.52 Å². The highest BCUT2D eigenvalue weighted by Gasteiger charge is 2.30. The normalized spacial score (nSPS) is 18.6. The molecule has 2 rings (SSSR count). The molecular weight excluding hydrogens is 254 g/mol. The molecule has 6 heteroatoms. The van der Waals surface area contributed by atoms with E-state index in [0.717, 1.165) is 38.4 Å². The first-order valence-corrected chi connectivity index (χ1v) is 7.25. The second-order valence-electron chi connectivity index (χ2n) is 6.15. The first-order chi connectivity index (χ1) is 9.50. The standard InChI is InChI=1S/C14H25N5O/c1-11-17-12(20-18-11)6-5-8-16-13(15-4)19-9-7-14(2,3)10-19/h5-10H2,1-4H3,(H,15,16). The minimum absolute atomic E-state index is 0.388. The van der Waals surface area contributed by atoms with Crippen LogP contribution in [0.3, 0.4) is 0 Å². The largest absolute Gasteiger partial charge is 0.356 e. The van der Waals surface area contributed by atoms with Crippen molar-refractivity contribution in [1.82, 2.24) is 20.4 Å². The number of nitrogens with zero attached hydrogens (tertiary/aromatic N) is 4. The van der Waals surface area contributed by atoms with Gasteiger partial charge in [-0.3, -0.25) is 4.99 Å². The third-order valence-corrected chi connectivity index (χ3v) is 3.61. The van der Waals surface area contributed by atoms with Crippen molar-refractivity contribution in [3.8, 4) is 0 Å². The lowest BCUT2D eigenvalue weighted by atomic mass is 9.93. The van der Waals surface area contributed by atoms with Crippen LogP contribution in [0.25, 0.3) is 0 Å². The number of hydrogen-bond acceptors (Lipinski definition) is 4. The summed E-state index contributed by atoms with van der Waals surface area (Å²) >= 11 is 0. The SMILES string of the molecule is CN=C(NCCCc1nc(C)no1)N1CCC(C)(C)C1. The number of hydrogen-bond donors (Lipinski definition) is 1. The van der Waals surface area contributed by atoms with E-state index in [1.54, 1.807) is 0 Å². The second-order valence-corrected chi connectivity index (χ2v) is 6.15. The van der Waals surface area contributed by atoms with Crippen molar-refractivity contribution >= 4 is 5.96 Å². The van der Waals surface area contributed by atoms with Gasteiger partial charge in [-0.2, -0.15) is 4.98 Å². The Bertz CT molecular complexity index is 466. The van der Waals surface area contributed by atoms with Gasteiger partial charge in [-0.25, -0.2) is 0 Å². The van der Waals surface area contributed by atoms with Crippen LogP contribution >= 0.6 is 0 Å². The van der Waals surface area contributed by atoms with Crippen molar-refractivity contribution in [2.24, 2.45) is 10.4 Å². The molecular formula is C14H25N5O. The predicted molar refractivity (Wildman–Crippen MR) is 78.7 cm³/mol. The van der Waals surface area contributed by atoms with Crippen LogP contribution in [0.2, 0.25) is 0 Å². The summed E-state index contributed by atoms with van der Waals surface area (Å²) in [5.74, 6) is 2.40. The number of aromatic nitrogens is 2. The van der Waals surface area contributed by atoms with Crippen molar-refractivity contribution < 1.29 is 4.52 Å². The zero-order chi connectivity index (χ0) is 14.6. The number of guanidine groups is 1. The Morgan fingerprint density at radius 3 is 2.85 bits per heavy atom. The quantitative estimate of drug-likeness (QED) is 0.515. The highest BCUT2D eigenvalue weighted by atomic mass is 16.5. The van der Waals surface area contributed by atoms with Crippen molar-refractivity contribution in [3.63, 3.8) is 0 Å². The maximum Gasteiger partial charge on any atom is 0.226 e. The Morgan fingerprint density at radius 1 is 1.50 bits per heavy atom. The lowest BCUT2D eigenvalue weighted by Crippen LogP contribution is -2.41. The minimum Gasteiger partial charge on any atom is -0.356 e. The first kappa shape index (κ1) is 14.8. The van der Waals surface area contributed by atoms with Gasteiger partial charge in [0.2, 0.25) is 5.89 Å². The molecule has 0 spiro atoms. The molecule has 0 aliphatic carbocycles. The van der Waals surface area contributed by atoms with E-state index < -0.39 is 0 Å². The van der Waals surface area contributed by atoms with E-state index in [0.29, 0.717) is 17.1 Å². The van der Waals surface area contributed by atoms with Gasteiger partial charge < -0.3 is 14.7 Å². The summed E-state index contributed by atoms with van der Waals surface area (Å²) in [7, 11) is 1.84. The summed E-state index contributed by atoms with van der Waals surface area (Å²) in [5.41, 5.74) is 0.388. The third-order valence-electron chi connectivity index (χ3n) is 3.61. The zero-order valence-electron chi connectivity index (χ0n) is 12.9. The highest BCUT2D eigenvalue weighted by Crippen LogP contribution is 2.28. The van der Waals surface area contributed by atoms with Crippen LogP contribution in [0, 0.1) is 12.3 Å². The molecule has 0 saturated carbocycles.